The third-order valence-electron chi connectivity index (χ3n) is 6.39. The first-order valence-corrected chi connectivity index (χ1v) is 12.2. The zero-order valence-corrected chi connectivity index (χ0v) is 19.7. The van der Waals surface area contributed by atoms with Crippen molar-refractivity contribution in [3.05, 3.63) is 64.3 Å². The smallest absolute Gasteiger partial charge is 0.410 e. The molecule has 1 fully saturated rings. The number of halogens is 1. The van der Waals surface area contributed by atoms with Crippen LogP contribution >= 0.6 is 11.6 Å². The standard InChI is InChI=1S/C26H30ClN3O3/c1-2-32-26(31)30-14-12-21-22-16-18(27)6-11-23(22)29-24(21)25(30)17-4-9-20(10-5-17)33-15-3-13-28-19-7-8-19/h4-6,9-11,16,19,25,28-29H,2-3,7-8,12-15H2,1H3. The van der Waals surface area contributed by atoms with Crippen LogP contribution in [0.5, 0.6) is 5.75 Å². The zero-order chi connectivity index (χ0) is 22.8. The molecule has 0 radical (unpaired) electrons. The summed E-state index contributed by atoms with van der Waals surface area (Å²) in [5.41, 5.74) is 4.28. The topological polar surface area (TPSA) is 66.6 Å². The first-order chi connectivity index (χ1) is 16.1. The molecular weight excluding hydrogens is 438 g/mol. The second-order valence-corrected chi connectivity index (χ2v) is 9.19. The minimum absolute atomic E-state index is 0.254. The quantitative estimate of drug-likeness (QED) is 0.432. The summed E-state index contributed by atoms with van der Waals surface area (Å²) in [6.45, 7) is 4.44. The van der Waals surface area contributed by atoms with Gasteiger partial charge in [0.25, 0.3) is 0 Å². The molecule has 2 aromatic carbocycles. The van der Waals surface area contributed by atoms with Crippen molar-refractivity contribution >= 4 is 28.6 Å². The van der Waals surface area contributed by atoms with Gasteiger partial charge in [-0.2, -0.15) is 0 Å². The first-order valence-electron chi connectivity index (χ1n) is 11.8. The molecule has 1 saturated carbocycles. The third-order valence-corrected chi connectivity index (χ3v) is 6.62. The Morgan fingerprint density at radius 2 is 2.03 bits per heavy atom. The summed E-state index contributed by atoms with van der Waals surface area (Å²) in [6.07, 6.45) is 4.04. The highest BCUT2D eigenvalue weighted by Gasteiger charge is 2.35. The van der Waals surface area contributed by atoms with Crippen molar-refractivity contribution in [2.75, 3.05) is 26.3 Å². The number of hydrogen-bond acceptors (Lipinski definition) is 4. The number of nitrogens with zero attached hydrogens (tertiary/aromatic N) is 1. The monoisotopic (exact) mass is 467 g/mol. The molecular formula is C26H30ClN3O3. The van der Waals surface area contributed by atoms with E-state index in [1.165, 1.54) is 18.4 Å². The molecule has 3 aromatic rings. The van der Waals surface area contributed by atoms with Gasteiger partial charge >= 0.3 is 6.09 Å². The molecule has 1 aliphatic heterocycles. The fourth-order valence-electron chi connectivity index (χ4n) is 4.61. The van der Waals surface area contributed by atoms with Gasteiger partial charge < -0.3 is 19.8 Å². The summed E-state index contributed by atoms with van der Waals surface area (Å²) < 4.78 is 11.3. The van der Waals surface area contributed by atoms with Crippen molar-refractivity contribution in [1.29, 1.82) is 0 Å². The zero-order valence-electron chi connectivity index (χ0n) is 18.9. The lowest BCUT2D eigenvalue weighted by atomic mass is 9.92. The van der Waals surface area contributed by atoms with E-state index in [4.69, 9.17) is 21.1 Å². The van der Waals surface area contributed by atoms with Crippen LogP contribution in [0.2, 0.25) is 5.02 Å². The van der Waals surface area contributed by atoms with Crippen molar-refractivity contribution in [2.24, 2.45) is 0 Å². The summed E-state index contributed by atoms with van der Waals surface area (Å²) >= 11 is 6.27. The molecule has 7 heteroatoms. The van der Waals surface area contributed by atoms with Crippen molar-refractivity contribution in [3.63, 3.8) is 0 Å². The summed E-state index contributed by atoms with van der Waals surface area (Å²) in [5.74, 6) is 0.840. The van der Waals surface area contributed by atoms with Crippen LogP contribution in [0, 0.1) is 0 Å². The molecule has 33 heavy (non-hydrogen) atoms. The number of carbonyl (C=O) groups excluding carboxylic acids is 1. The van der Waals surface area contributed by atoms with Crippen LogP contribution in [-0.2, 0) is 11.2 Å². The molecule has 1 aromatic heterocycles. The number of fused-ring (bicyclic) bond motifs is 3. The lowest BCUT2D eigenvalue weighted by molar-refractivity contribution is 0.0932. The second kappa shape index (κ2) is 9.65. The average Bonchev–Trinajstić information content (AvgIpc) is 3.58. The van der Waals surface area contributed by atoms with Crippen LogP contribution in [0.3, 0.4) is 0 Å². The van der Waals surface area contributed by atoms with Crippen LogP contribution < -0.4 is 10.1 Å². The molecule has 0 bridgehead atoms. The molecule has 1 unspecified atom stereocenters. The second-order valence-electron chi connectivity index (χ2n) is 8.75. The molecule has 1 atom stereocenters. The number of aromatic amines is 1. The Morgan fingerprint density at radius 3 is 2.79 bits per heavy atom. The molecule has 174 valence electrons. The van der Waals surface area contributed by atoms with Gasteiger partial charge in [-0.15, -0.1) is 0 Å². The number of nitrogens with one attached hydrogen (secondary N) is 2. The highest BCUT2D eigenvalue weighted by molar-refractivity contribution is 6.31. The Hall–Kier alpha value is -2.70. The van der Waals surface area contributed by atoms with E-state index in [-0.39, 0.29) is 12.1 Å². The maximum absolute atomic E-state index is 12.8. The predicted molar refractivity (Wildman–Crippen MR) is 130 cm³/mol. The van der Waals surface area contributed by atoms with Gasteiger partial charge in [-0.05, 0) is 80.6 Å². The minimum atomic E-state index is -0.298. The fraction of sp³-hybridized carbons (Fsp3) is 0.423. The summed E-state index contributed by atoms with van der Waals surface area (Å²) in [5, 5.41) is 5.33. The lowest BCUT2D eigenvalue weighted by Crippen LogP contribution is -2.40. The van der Waals surface area contributed by atoms with E-state index in [0.717, 1.165) is 53.3 Å². The highest BCUT2D eigenvalue weighted by atomic mass is 35.5. The summed E-state index contributed by atoms with van der Waals surface area (Å²) in [4.78, 5) is 18.2. The number of amides is 1. The van der Waals surface area contributed by atoms with E-state index >= 15 is 0 Å². The van der Waals surface area contributed by atoms with Gasteiger partial charge in [0.2, 0.25) is 0 Å². The van der Waals surface area contributed by atoms with E-state index in [9.17, 15) is 4.79 Å². The lowest BCUT2D eigenvalue weighted by Gasteiger charge is -2.35. The predicted octanol–water partition coefficient (Wildman–Crippen LogP) is 5.45. The molecule has 2 aliphatic rings. The van der Waals surface area contributed by atoms with E-state index in [1.807, 2.05) is 54.3 Å². The number of carbonyl (C=O) groups is 1. The molecule has 6 nitrogen and oxygen atoms in total. The van der Waals surface area contributed by atoms with Crippen LogP contribution in [0.1, 0.15) is 49.0 Å². The van der Waals surface area contributed by atoms with Crippen molar-refractivity contribution in [2.45, 2.75) is 44.7 Å². The van der Waals surface area contributed by atoms with Crippen LogP contribution in [0.25, 0.3) is 10.9 Å². The van der Waals surface area contributed by atoms with E-state index in [0.29, 0.717) is 24.8 Å². The minimum Gasteiger partial charge on any atom is -0.494 e. The Labute approximate surface area is 199 Å². The SMILES string of the molecule is CCOC(=O)N1CCc2c([nH]c3ccc(Cl)cc23)C1c1ccc(OCCCNC2CC2)cc1. The molecule has 1 amide bonds. The molecule has 0 spiro atoms. The average molecular weight is 468 g/mol. The van der Waals surface area contributed by atoms with E-state index in [2.05, 4.69) is 10.3 Å². The number of benzene rings is 2. The summed E-state index contributed by atoms with van der Waals surface area (Å²) in [6, 6.07) is 14.4. The number of rotatable bonds is 8. The maximum Gasteiger partial charge on any atom is 0.410 e. The number of ether oxygens (including phenoxy) is 2. The number of hydrogen-bond donors (Lipinski definition) is 2. The largest absolute Gasteiger partial charge is 0.494 e. The maximum atomic E-state index is 12.8. The number of aromatic nitrogens is 1. The Kier molecular flexibility index (Phi) is 6.47. The normalized spacial score (nSPS) is 17.8. The number of H-pyrrole nitrogens is 1. The Bertz CT molecular complexity index is 1120. The first kappa shape index (κ1) is 22.1. The van der Waals surface area contributed by atoms with Crippen molar-refractivity contribution < 1.29 is 14.3 Å². The molecule has 0 saturated heterocycles. The third kappa shape index (κ3) is 4.82. The molecule has 2 N–H and O–H groups in total. The fourth-order valence-corrected chi connectivity index (χ4v) is 4.78. The van der Waals surface area contributed by atoms with Crippen LogP contribution in [0.4, 0.5) is 4.79 Å². The van der Waals surface area contributed by atoms with Crippen LogP contribution in [0.15, 0.2) is 42.5 Å². The van der Waals surface area contributed by atoms with E-state index in [1.54, 1.807) is 0 Å². The summed E-state index contributed by atoms with van der Waals surface area (Å²) in [7, 11) is 0. The van der Waals surface area contributed by atoms with E-state index < -0.39 is 0 Å². The van der Waals surface area contributed by atoms with Crippen molar-refractivity contribution in [3.8, 4) is 5.75 Å². The Balaban J connectivity index is 1.38. The molecule has 1 aliphatic carbocycles. The van der Waals surface area contributed by atoms with Gasteiger partial charge in [0.05, 0.1) is 13.2 Å². The van der Waals surface area contributed by atoms with Crippen molar-refractivity contribution in [1.82, 2.24) is 15.2 Å². The van der Waals surface area contributed by atoms with Gasteiger partial charge in [-0.25, -0.2) is 4.79 Å². The molecule has 5 rings (SSSR count). The van der Waals surface area contributed by atoms with Gasteiger partial charge in [-0.3, -0.25) is 4.90 Å². The van der Waals surface area contributed by atoms with Crippen LogP contribution in [-0.4, -0.2) is 48.3 Å². The van der Waals surface area contributed by atoms with Gasteiger partial charge in [-0.1, -0.05) is 23.7 Å². The van der Waals surface area contributed by atoms with Gasteiger partial charge in [0.1, 0.15) is 11.8 Å². The highest BCUT2D eigenvalue weighted by Crippen LogP contribution is 2.39. The van der Waals surface area contributed by atoms with Gasteiger partial charge in [0, 0.05) is 34.2 Å². The Morgan fingerprint density at radius 1 is 1.21 bits per heavy atom. The van der Waals surface area contributed by atoms with Gasteiger partial charge in [0.15, 0.2) is 0 Å². The molecule has 2 heterocycles.